The maximum Gasteiger partial charge on any atom is 0.335 e. The maximum absolute atomic E-state index is 14.1. The Morgan fingerprint density at radius 1 is 1.21 bits per heavy atom. The minimum Gasteiger partial charge on any atom is -0.478 e. The van der Waals surface area contributed by atoms with Crippen molar-refractivity contribution in [3.05, 3.63) is 58.4 Å². The summed E-state index contributed by atoms with van der Waals surface area (Å²) < 4.78 is 19.3. The van der Waals surface area contributed by atoms with Crippen LogP contribution in [0.5, 0.6) is 0 Å². The number of nitrogens with zero attached hydrogens (tertiary/aromatic N) is 2. The van der Waals surface area contributed by atoms with E-state index >= 15 is 0 Å². The van der Waals surface area contributed by atoms with Crippen molar-refractivity contribution in [3.63, 3.8) is 0 Å². The van der Waals surface area contributed by atoms with Gasteiger partial charge in [-0.1, -0.05) is 17.3 Å². The molecule has 0 saturated heterocycles. The second-order valence-corrected chi connectivity index (χ2v) is 5.65. The molecule has 0 amide bonds. The van der Waals surface area contributed by atoms with Crippen molar-refractivity contribution in [1.82, 2.24) is 10.1 Å². The van der Waals surface area contributed by atoms with Crippen LogP contribution in [-0.4, -0.2) is 21.2 Å². The van der Waals surface area contributed by atoms with Gasteiger partial charge in [-0.3, -0.25) is 0 Å². The van der Waals surface area contributed by atoms with Gasteiger partial charge in [-0.15, -0.1) is 0 Å². The fourth-order valence-corrected chi connectivity index (χ4v) is 2.65. The molecular formula is C18H15FN2O3. The maximum atomic E-state index is 14.1. The zero-order valence-corrected chi connectivity index (χ0v) is 13.4. The Hall–Kier alpha value is -3.02. The molecule has 1 N–H and O–H groups in total. The third-order valence-corrected chi connectivity index (χ3v) is 3.89. The molecule has 0 aliphatic rings. The number of carboxylic acid groups (broad SMARTS) is 1. The molecule has 122 valence electrons. The summed E-state index contributed by atoms with van der Waals surface area (Å²) in [4.78, 5) is 15.6. The Morgan fingerprint density at radius 2 is 1.96 bits per heavy atom. The zero-order chi connectivity index (χ0) is 17.4. The van der Waals surface area contributed by atoms with Crippen molar-refractivity contribution < 1.29 is 18.8 Å². The molecule has 0 saturated carbocycles. The molecule has 3 rings (SSSR count). The Bertz CT molecular complexity index is 927. The van der Waals surface area contributed by atoms with E-state index in [2.05, 4.69) is 10.1 Å². The minimum atomic E-state index is -1.02. The zero-order valence-electron chi connectivity index (χ0n) is 13.4. The lowest BCUT2D eigenvalue weighted by molar-refractivity contribution is 0.0696. The van der Waals surface area contributed by atoms with Gasteiger partial charge in [0.25, 0.3) is 5.89 Å². The molecule has 5 nitrogen and oxygen atoms in total. The highest BCUT2D eigenvalue weighted by atomic mass is 19.1. The summed E-state index contributed by atoms with van der Waals surface area (Å²) in [5, 5.41) is 13.2. The van der Waals surface area contributed by atoms with Gasteiger partial charge in [-0.05, 0) is 55.7 Å². The van der Waals surface area contributed by atoms with Crippen molar-refractivity contribution in [2.45, 2.75) is 20.8 Å². The molecule has 0 aliphatic carbocycles. The summed E-state index contributed by atoms with van der Waals surface area (Å²) in [7, 11) is 0. The van der Waals surface area contributed by atoms with E-state index in [1.54, 1.807) is 45.0 Å². The summed E-state index contributed by atoms with van der Waals surface area (Å²) in [5.74, 6) is -1.17. The molecule has 1 aromatic heterocycles. The minimum absolute atomic E-state index is 0.0679. The van der Waals surface area contributed by atoms with Crippen LogP contribution in [0.4, 0.5) is 4.39 Å². The average Bonchev–Trinajstić information content (AvgIpc) is 2.98. The molecule has 6 heteroatoms. The van der Waals surface area contributed by atoms with Crippen LogP contribution >= 0.6 is 0 Å². The Balaban J connectivity index is 2.14. The number of aryl methyl sites for hydroxylation is 2. The van der Waals surface area contributed by atoms with E-state index in [-0.39, 0.29) is 22.8 Å². The van der Waals surface area contributed by atoms with Crippen LogP contribution in [0.1, 0.15) is 27.0 Å². The molecule has 24 heavy (non-hydrogen) atoms. The quantitative estimate of drug-likeness (QED) is 0.782. The standard InChI is InChI=1S/C18H15FN2O3/c1-9-7-12(11(3)13(8-9)18(22)23)16-20-17(24-21-16)15-10(2)5-4-6-14(15)19/h4-8H,1-3H3,(H,22,23). The second kappa shape index (κ2) is 5.88. The lowest BCUT2D eigenvalue weighted by atomic mass is 9.99. The van der Waals surface area contributed by atoms with Gasteiger partial charge >= 0.3 is 5.97 Å². The summed E-state index contributed by atoms with van der Waals surface area (Å²) in [6.07, 6.45) is 0. The Morgan fingerprint density at radius 3 is 2.62 bits per heavy atom. The summed E-state index contributed by atoms with van der Waals surface area (Å²) in [6, 6.07) is 8.05. The van der Waals surface area contributed by atoms with Crippen LogP contribution in [0.3, 0.4) is 0 Å². The molecular weight excluding hydrogens is 311 g/mol. The van der Waals surface area contributed by atoms with Crippen molar-refractivity contribution >= 4 is 5.97 Å². The average molecular weight is 326 g/mol. The van der Waals surface area contributed by atoms with Crippen molar-refractivity contribution in [3.8, 4) is 22.8 Å². The molecule has 0 aliphatic heterocycles. The van der Waals surface area contributed by atoms with Crippen LogP contribution in [0, 0.1) is 26.6 Å². The van der Waals surface area contributed by atoms with Gasteiger partial charge < -0.3 is 9.63 Å². The normalized spacial score (nSPS) is 10.8. The first-order chi connectivity index (χ1) is 11.4. The molecule has 2 aromatic carbocycles. The van der Waals surface area contributed by atoms with Gasteiger partial charge in [0.05, 0.1) is 11.1 Å². The Labute approximate surface area is 137 Å². The molecule has 3 aromatic rings. The van der Waals surface area contributed by atoms with Crippen molar-refractivity contribution in [1.29, 1.82) is 0 Å². The first kappa shape index (κ1) is 15.9. The van der Waals surface area contributed by atoms with Gasteiger partial charge in [0.15, 0.2) is 0 Å². The number of rotatable bonds is 3. The number of halogens is 1. The largest absolute Gasteiger partial charge is 0.478 e. The fourth-order valence-electron chi connectivity index (χ4n) is 2.65. The van der Waals surface area contributed by atoms with Gasteiger partial charge in [-0.25, -0.2) is 9.18 Å². The van der Waals surface area contributed by atoms with Crippen LogP contribution in [-0.2, 0) is 0 Å². The Kier molecular flexibility index (Phi) is 3.89. The number of aromatic carboxylic acids is 1. The van der Waals surface area contributed by atoms with Gasteiger partial charge in [0, 0.05) is 5.56 Å². The van der Waals surface area contributed by atoms with Gasteiger partial charge in [0.2, 0.25) is 5.82 Å². The lowest BCUT2D eigenvalue weighted by Crippen LogP contribution is -2.02. The van der Waals surface area contributed by atoms with E-state index in [0.717, 1.165) is 5.56 Å². The van der Waals surface area contributed by atoms with Gasteiger partial charge in [-0.2, -0.15) is 4.98 Å². The smallest absolute Gasteiger partial charge is 0.335 e. The second-order valence-electron chi connectivity index (χ2n) is 5.65. The van der Waals surface area contributed by atoms with Crippen LogP contribution in [0.25, 0.3) is 22.8 Å². The first-order valence-electron chi connectivity index (χ1n) is 7.32. The van der Waals surface area contributed by atoms with Gasteiger partial charge in [0.1, 0.15) is 5.82 Å². The van der Waals surface area contributed by atoms with Crippen LogP contribution < -0.4 is 0 Å². The van der Waals surface area contributed by atoms with Crippen LogP contribution in [0.15, 0.2) is 34.9 Å². The molecule has 0 fully saturated rings. The van der Waals surface area contributed by atoms with Crippen molar-refractivity contribution in [2.75, 3.05) is 0 Å². The lowest BCUT2D eigenvalue weighted by Gasteiger charge is -2.07. The van der Waals surface area contributed by atoms with E-state index in [9.17, 15) is 14.3 Å². The number of carboxylic acids is 1. The monoisotopic (exact) mass is 326 g/mol. The molecule has 0 atom stereocenters. The first-order valence-corrected chi connectivity index (χ1v) is 7.32. The van der Waals surface area contributed by atoms with E-state index in [1.807, 2.05) is 0 Å². The molecule has 0 radical (unpaired) electrons. The van der Waals surface area contributed by atoms with E-state index in [1.165, 1.54) is 6.07 Å². The van der Waals surface area contributed by atoms with Crippen molar-refractivity contribution in [2.24, 2.45) is 0 Å². The van der Waals surface area contributed by atoms with Crippen LogP contribution in [0.2, 0.25) is 0 Å². The highest BCUT2D eigenvalue weighted by Gasteiger charge is 2.20. The fraction of sp³-hybridized carbons (Fsp3) is 0.167. The summed E-state index contributed by atoms with van der Waals surface area (Å²) >= 11 is 0. The SMILES string of the molecule is Cc1cc(C(=O)O)c(C)c(-c2noc(-c3c(C)cccc3F)n2)c1. The van der Waals surface area contributed by atoms with E-state index in [0.29, 0.717) is 16.7 Å². The number of hydrogen-bond acceptors (Lipinski definition) is 4. The highest BCUT2D eigenvalue weighted by molar-refractivity contribution is 5.92. The van der Waals surface area contributed by atoms with E-state index < -0.39 is 11.8 Å². The molecule has 0 bridgehead atoms. The third-order valence-electron chi connectivity index (χ3n) is 3.89. The number of benzene rings is 2. The molecule has 0 unspecified atom stereocenters. The predicted molar refractivity (Wildman–Crippen MR) is 86.3 cm³/mol. The number of carbonyl (C=O) groups is 1. The highest BCUT2D eigenvalue weighted by Crippen LogP contribution is 2.30. The van der Waals surface area contributed by atoms with E-state index in [4.69, 9.17) is 4.52 Å². The molecule has 1 heterocycles. The topological polar surface area (TPSA) is 76.2 Å². The third kappa shape index (κ3) is 2.67. The number of aromatic nitrogens is 2. The molecule has 0 spiro atoms. The number of hydrogen-bond donors (Lipinski definition) is 1. The summed E-state index contributed by atoms with van der Waals surface area (Å²) in [5.41, 5.74) is 2.96. The predicted octanol–water partition coefficient (Wildman–Crippen LogP) is 4.17. The summed E-state index contributed by atoms with van der Waals surface area (Å²) in [6.45, 7) is 5.22.